The van der Waals surface area contributed by atoms with Crippen molar-refractivity contribution in [3.05, 3.63) is 59.2 Å². The van der Waals surface area contributed by atoms with Crippen molar-refractivity contribution in [1.29, 1.82) is 0 Å². The van der Waals surface area contributed by atoms with Crippen molar-refractivity contribution in [1.82, 2.24) is 4.90 Å². The second-order valence-electron chi connectivity index (χ2n) is 8.72. The van der Waals surface area contributed by atoms with Crippen LogP contribution < -0.4 is 9.47 Å². The second-order valence-corrected chi connectivity index (χ2v) is 8.72. The maximum atomic E-state index is 11.5. The van der Waals surface area contributed by atoms with Crippen LogP contribution in [0.25, 0.3) is 0 Å². The lowest BCUT2D eigenvalue weighted by Crippen LogP contribution is -2.54. The number of piperidine rings is 1. The Balaban J connectivity index is 1.50. The first-order valence-electron chi connectivity index (χ1n) is 10.5. The van der Waals surface area contributed by atoms with Crippen molar-refractivity contribution in [2.45, 2.75) is 57.2 Å². The van der Waals surface area contributed by atoms with Crippen LogP contribution in [-0.4, -0.2) is 28.9 Å². The van der Waals surface area contributed by atoms with E-state index in [4.69, 9.17) is 9.47 Å². The van der Waals surface area contributed by atoms with Gasteiger partial charge in [0.2, 0.25) is 6.79 Å². The Morgan fingerprint density at radius 3 is 2.71 bits per heavy atom. The fourth-order valence-electron chi connectivity index (χ4n) is 5.39. The van der Waals surface area contributed by atoms with Crippen molar-refractivity contribution in [2.75, 3.05) is 13.3 Å². The monoisotopic (exact) mass is 379 g/mol. The van der Waals surface area contributed by atoms with E-state index in [-0.39, 0.29) is 12.0 Å². The highest BCUT2D eigenvalue weighted by atomic mass is 16.7. The maximum absolute atomic E-state index is 11.5. The topological polar surface area (TPSA) is 41.9 Å². The first kappa shape index (κ1) is 18.0. The van der Waals surface area contributed by atoms with Crippen LogP contribution in [0.15, 0.2) is 42.5 Å². The molecule has 4 heteroatoms. The Labute approximate surface area is 167 Å². The van der Waals surface area contributed by atoms with Crippen LogP contribution in [-0.2, 0) is 6.54 Å². The fourth-order valence-corrected chi connectivity index (χ4v) is 5.39. The Bertz CT molecular complexity index is 849. The molecule has 2 aliphatic heterocycles. The lowest BCUT2D eigenvalue weighted by Gasteiger charge is -2.52. The van der Waals surface area contributed by atoms with Crippen LogP contribution in [0.5, 0.6) is 11.5 Å². The van der Waals surface area contributed by atoms with Crippen molar-refractivity contribution in [3.63, 3.8) is 0 Å². The molecule has 1 saturated carbocycles. The molecule has 0 radical (unpaired) electrons. The van der Waals surface area contributed by atoms with E-state index < -0.39 is 5.60 Å². The molecular formula is C24H29NO3. The largest absolute Gasteiger partial charge is 0.454 e. The summed E-state index contributed by atoms with van der Waals surface area (Å²) in [6, 6.07) is 15.4. The van der Waals surface area contributed by atoms with Gasteiger partial charge >= 0.3 is 0 Å². The van der Waals surface area contributed by atoms with E-state index in [1.807, 2.05) is 6.07 Å². The molecule has 2 aromatic rings. The van der Waals surface area contributed by atoms with Gasteiger partial charge in [0.1, 0.15) is 0 Å². The summed E-state index contributed by atoms with van der Waals surface area (Å²) < 4.78 is 11.2. The number of aryl methyl sites for hydroxylation is 1. The predicted molar refractivity (Wildman–Crippen MR) is 108 cm³/mol. The zero-order chi connectivity index (χ0) is 19.1. The minimum atomic E-state index is -0.539. The van der Waals surface area contributed by atoms with Crippen molar-refractivity contribution >= 4 is 0 Å². The van der Waals surface area contributed by atoms with Gasteiger partial charge in [-0.1, -0.05) is 48.7 Å². The third kappa shape index (κ3) is 3.19. The number of nitrogens with zero attached hydrogens (tertiary/aromatic N) is 1. The summed E-state index contributed by atoms with van der Waals surface area (Å²) in [5.74, 6) is 1.92. The molecule has 3 aliphatic rings. The summed E-state index contributed by atoms with van der Waals surface area (Å²) in [5.41, 5.74) is 3.32. The van der Waals surface area contributed by atoms with Crippen LogP contribution in [0.4, 0.5) is 0 Å². The van der Waals surface area contributed by atoms with Gasteiger partial charge in [0.15, 0.2) is 11.5 Å². The maximum Gasteiger partial charge on any atom is 0.231 e. The quantitative estimate of drug-likeness (QED) is 0.847. The Morgan fingerprint density at radius 1 is 1.04 bits per heavy atom. The molecule has 0 aromatic heterocycles. The summed E-state index contributed by atoms with van der Waals surface area (Å²) >= 11 is 0. The molecule has 4 nitrogen and oxygen atoms in total. The standard InChI is InChI=1S/C24H29NO3/c1-17-5-7-18(8-6-17)15-25-13-12-24(26)11-3-2-4-20(24)23(25)19-9-10-21-22(14-19)28-16-27-21/h5-10,14,20,23,26H,2-4,11-13,15-16H2,1H3/t20-,23?,24-/m0/s1. The normalized spacial score (nSPS) is 29.5. The van der Waals surface area contributed by atoms with E-state index in [1.54, 1.807) is 0 Å². The van der Waals surface area contributed by atoms with Gasteiger partial charge in [-0.3, -0.25) is 4.90 Å². The van der Waals surface area contributed by atoms with Crippen LogP contribution in [0.2, 0.25) is 0 Å². The molecule has 0 bridgehead atoms. The average Bonchev–Trinajstić information content (AvgIpc) is 3.17. The highest BCUT2D eigenvalue weighted by Crippen LogP contribution is 2.50. The number of ether oxygens (including phenoxy) is 2. The van der Waals surface area contributed by atoms with Crippen molar-refractivity contribution < 1.29 is 14.6 Å². The van der Waals surface area contributed by atoms with Crippen LogP contribution >= 0.6 is 0 Å². The number of rotatable bonds is 3. The summed E-state index contributed by atoms with van der Waals surface area (Å²) in [6.07, 6.45) is 5.22. The molecule has 148 valence electrons. The van der Waals surface area contributed by atoms with Crippen molar-refractivity contribution in [3.8, 4) is 11.5 Å². The zero-order valence-corrected chi connectivity index (χ0v) is 16.6. The number of hydrogen-bond acceptors (Lipinski definition) is 4. The van der Waals surface area contributed by atoms with Gasteiger partial charge in [-0.2, -0.15) is 0 Å². The smallest absolute Gasteiger partial charge is 0.231 e. The second kappa shape index (κ2) is 7.09. The van der Waals surface area contributed by atoms with E-state index in [9.17, 15) is 5.11 Å². The van der Waals surface area contributed by atoms with Gasteiger partial charge in [-0.25, -0.2) is 0 Å². The third-order valence-corrected chi connectivity index (χ3v) is 6.92. The molecule has 0 spiro atoms. The summed E-state index contributed by atoms with van der Waals surface area (Å²) in [6.45, 7) is 4.25. The minimum Gasteiger partial charge on any atom is -0.454 e. The number of likely N-dealkylation sites (tertiary alicyclic amines) is 1. The van der Waals surface area contributed by atoms with Gasteiger partial charge < -0.3 is 14.6 Å². The molecule has 1 unspecified atom stereocenters. The highest BCUT2D eigenvalue weighted by molar-refractivity contribution is 5.45. The van der Waals surface area contributed by atoms with E-state index in [0.29, 0.717) is 6.79 Å². The molecule has 28 heavy (non-hydrogen) atoms. The Morgan fingerprint density at radius 2 is 1.86 bits per heavy atom. The van der Waals surface area contributed by atoms with Crippen LogP contribution in [0.1, 0.15) is 54.8 Å². The molecule has 1 aliphatic carbocycles. The molecule has 5 rings (SSSR count). The van der Waals surface area contributed by atoms with Crippen LogP contribution in [0.3, 0.4) is 0 Å². The molecular weight excluding hydrogens is 350 g/mol. The number of fused-ring (bicyclic) bond motifs is 2. The molecule has 2 aromatic carbocycles. The Kier molecular flexibility index (Phi) is 4.56. The van der Waals surface area contributed by atoms with Gasteiger partial charge in [0.25, 0.3) is 0 Å². The summed E-state index contributed by atoms with van der Waals surface area (Å²) in [4.78, 5) is 2.56. The number of benzene rings is 2. The van der Waals surface area contributed by atoms with Crippen molar-refractivity contribution in [2.24, 2.45) is 5.92 Å². The van der Waals surface area contributed by atoms with E-state index in [0.717, 1.165) is 50.3 Å². The fraction of sp³-hybridized carbons (Fsp3) is 0.500. The molecule has 0 amide bonds. The summed E-state index contributed by atoms with van der Waals surface area (Å²) in [7, 11) is 0. The predicted octanol–water partition coefficient (Wildman–Crippen LogP) is 4.59. The highest BCUT2D eigenvalue weighted by Gasteiger charge is 2.49. The first-order chi connectivity index (χ1) is 13.6. The molecule has 2 fully saturated rings. The summed E-state index contributed by atoms with van der Waals surface area (Å²) in [5, 5.41) is 11.5. The Hall–Kier alpha value is -2.04. The molecule has 2 heterocycles. The lowest BCUT2D eigenvalue weighted by atomic mass is 9.66. The number of aliphatic hydroxyl groups is 1. The van der Waals surface area contributed by atoms with Gasteiger partial charge in [0, 0.05) is 25.0 Å². The van der Waals surface area contributed by atoms with Crippen LogP contribution in [0, 0.1) is 12.8 Å². The minimum absolute atomic E-state index is 0.204. The van der Waals surface area contributed by atoms with Gasteiger partial charge in [0.05, 0.1) is 5.60 Å². The van der Waals surface area contributed by atoms with Gasteiger partial charge in [-0.05, 0) is 49.4 Å². The SMILES string of the molecule is Cc1ccc(CN2CC[C@@]3(O)CCCC[C@H]3C2c2ccc3c(c2)OCO3)cc1. The first-order valence-corrected chi connectivity index (χ1v) is 10.5. The molecule has 1 saturated heterocycles. The average molecular weight is 380 g/mol. The van der Waals surface area contributed by atoms with E-state index in [2.05, 4.69) is 48.2 Å². The molecule has 3 atom stereocenters. The lowest BCUT2D eigenvalue weighted by molar-refractivity contribution is -0.126. The third-order valence-electron chi connectivity index (χ3n) is 6.92. The zero-order valence-electron chi connectivity index (χ0n) is 16.6. The number of hydrogen-bond donors (Lipinski definition) is 1. The van der Waals surface area contributed by atoms with Gasteiger partial charge in [-0.15, -0.1) is 0 Å². The van der Waals surface area contributed by atoms with E-state index in [1.165, 1.54) is 23.1 Å². The van der Waals surface area contributed by atoms with E-state index >= 15 is 0 Å². The molecule has 1 N–H and O–H groups in total.